The second-order valence-corrected chi connectivity index (χ2v) is 5.75. The molecule has 5 heteroatoms. The summed E-state index contributed by atoms with van der Waals surface area (Å²) < 4.78 is 7.00. The van der Waals surface area contributed by atoms with Crippen LogP contribution in [0.4, 0.5) is 0 Å². The van der Waals surface area contributed by atoms with Crippen molar-refractivity contribution in [2.75, 3.05) is 20.3 Å². The van der Waals surface area contributed by atoms with E-state index >= 15 is 0 Å². The Hall–Kier alpha value is -2.14. The Labute approximate surface area is 128 Å². The molecule has 1 atom stereocenters. The molecule has 1 unspecified atom stereocenters. The summed E-state index contributed by atoms with van der Waals surface area (Å²) in [5.41, 5.74) is 2.17. The number of carbonyl (C=O) groups excluding carboxylic acids is 1. The molecule has 0 spiro atoms. The van der Waals surface area contributed by atoms with Crippen LogP contribution < -0.4 is 10.7 Å². The van der Waals surface area contributed by atoms with E-state index in [-0.39, 0.29) is 22.9 Å². The lowest BCUT2D eigenvalue weighted by molar-refractivity contribution is 0.0947. The standard InChI is InChI=1S/C17H20N2O3/c1-11-9-12-5-3-6-13-15(12)19(11)10-14(16(13)20)17(21)18-7-4-8-22-2/h3,5-6,10-11H,4,7-9H2,1-2H3,(H,18,21). The van der Waals surface area contributed by atoms with E-state index < -0.39 is 0 Å². The summed E-state index contributed by atoms with van der Waals surface area (Å²) in [5.74, 6) is -0.309. The number of nitrogens with zero attached hydrogens (tertiary/aromatic N) is 1. The number of carbonyl (C=O) groups is 1. The van der Waals surface area contributed by atoms with Gasteiger partial charge in [0.05, 0.1) is 5.52 Å². The Balaban J connectivity index is 1.97. The first-order valence-electron chi connectivity index (χ1n) is 7.57. The molecule has 3 rings (SSSR count). The second-order valence-electron chi connectivity index (χ2n) is 5.75. The lowest BCUT2D eigenvalue weighted by Crippen LogP contribution is -2.30. The second kappa shape index (κ2) is 5.93. The highest BCUT2D eigenvalue weighted by Gasteiger charge is 2.24. The van der Waals surface area contributed by atoms with Crippen molar-refractivity contribution >= 4 is 16.8 Å². The largest absolute Gasteiger partial charge is 0.385 e. The van der Waals surface area contributed by atoms with Gasteiger partial charge in [0.15, 0.2) is 0 Å². The minimum Gasteiger partial charge on any atom is -0.385 e. The zero-order valence-electron chi connectivity index (χ0n) is 12.9. The number of benzene rings is 1. The number of rotatable bonds is 5. The molecule has 0 aliphatic carbocycles. The van der Waals surface area contributed by atoms with Crippen LogP contribution in [0.2, 0.25) is 0 Å². The minimum atomic E-state index is -0.309. The van der Waals surface area contributed by atoms with Crippen LogP contribution in [-0.4, -0.2) is 30.7 Å². The number of para-hydroxylation sites is 1. The number of methoxy groups -OCH3 is 1. The number of hydrogen-bond acceptors (Lipinski definition) is 3. The third kappa shape index (κ3) is 2.41. The molecule has 1 aromatic heterocycles. The summed E-state index contributed by atoms with van der Waals surface area (Å²) in [7, 11) is 1.62. The first kappa shape index (κ1) is 14.8. The molecular weight excluding hydrogens is 280 g/mol. The van der Waals surface area contributed by atoms with Crippen LogP contribution >= 0.6 is 0 Å². The number of nitrogens with one attached hydrogen (secondary N) is 1. The van der Waals surface area contributed by atoms with Crippen molar-refractivity contribution in [2.24, 2.45) is 0 Å². The number of ether oxygens (including phenoxy) is 1. The molecule has 116 valence electrons. The van der Waals surface area contributed by atoms with E-state index in [1.165, 1.54) is 5.56 Å². The summed E-state index contributed by atoms with van der Waals surface area (Å²) in [5, 5.41) is 3.42. The summed E-state index contributed by atoms with van der Waals surface area (Å²) in [6.45, 7) is 3.19. The van der Waals surface area contributed by atoms with Crippen molar-refractivity contribution in [3.8, 4) is 0 Å². The Bertz CT molecular complexity index is 779. The lowest BCUT2D eigenvalue weighted by atomic mass is 10.1. The van der Waals surface area contributed by atoms with Gasteiger partial charge in [0.2, 0.25) is 5.43 Å². The van der Waals surface area contributed by atoms with Gasteiger partial charge in [-0.25, -0.2) is 0 Å². The molecule has 0 radical (unpaired) electrons. The van der Waals surface area contributed by atoms with Crippen molar-refractivity contribution in [2.45, 2.75) is 25.8 Å². The van der Waals surface area contributed by atoms with Crippen LogP contribution in [0.1, 0.15) is 35.3 Å². The van der Waals surface area contributed by atoms with Gasteiger partial charge >= 0.3 is 0 Å². The maximum atomic E-state index is 12.6. The molecule has 2 heterocycles. The molecule has 1 amide bonds. The van der Waals surface area contributed by atoms with Crippen molar-refractivity contribution < 1.29 is 9.53 Å². The van der Waals surface area contributed by atoms with Crippen LogP contribution in [0.5, 0.6) is 0 Å². The average molecular weight is 300 g/mol. The molecule has 5 nitrogen and oxygen atoms in total. The number of hydrogen-bond donors (Lipinski definition) is 1. The zero-order chi connectivity index (χ0) is 15.7. The Morgan fingerprint density at radius 3 is 3.05 bits per heavy atom. The fourth-order valence-electron chi connectivity index (χ4n) is 3.09. The van der Waals surface area contributed by atoms with Gasteiger partial charge in [-0.1, -0.05) is 12.1 Å². The smallest absolute Gasteiger partial charge is 0.256 e. The SMILES string of the molecule is COCCCNC(=O)c1cn2c3c(cccc3c1=O)CC2C. The highest BCUT2D eigenvalue weighted by atomic mass is 16.5. The Morgan fingerprint density at radius 2 is 2.27 bits per heavy atom. The van der Waals surface area contributed by atoms with Gasteiger partial charge in [0.25, 0.3) is 5.91 Å². The van der Waals surface area contributed by atoms with Gasteiger partial charge in [-0.3, -0.25) is 9.59 Å². The molecular formula is C17H20N2O3. The molecule has 0 fully saturated rings. The number of aromatic nitrogens is 1. The van der Waals surface area contributed by atoms with Gasteiger partial charge in [-0.2, -0.15) is 0 Å². The summed E-state index contributed by atoms with van der Waals surface area (Å²) in [4.78, 5) is 24.9. The molecule has 0 saturated heterocycles. The lowest BCUT2D eigenvalue weighted by Gasteiger charge is -2.12. The normalized spacial score (nSPS) is 16.2. The van der Waals surface area contributed by atoms with Crippen LogP contribution in [-0.2, 0) is 11.2 Å². The van der Waals surface area contributed by atoms with Crippen LogP contribution in [0.25, 0.3) is 10.9 Å². The van der Waals surface area contributed by atoms with E-state index in [0.717, 1.165) is 18.4 Å². The van der Waals surface area contributed by atoms with Gasteiger partial charge in [0.1, 0.15) is 5.56 Å². The summed E-state index contributed by atoms with van der Waals surface area (Å²) >= 11 is 0. The third-order valence-corrected chi connectivity index (χ3v) is 4.18. The Kier molecular flexibility index (Phi) is 3.98. The van der Waals surface area contributed by atoms with Gasteiger partial charge in [-0.05, 0) is 31.4 Å². The van der Waals surface area contributed by atoms with E-state index in [2.05, 4.69) is 16.8 Å². The maximum absolute atomic E-state index is 12.6. The highest BCUT2D eigenvalue weighted by Crippen LogP contribution is 2.30. The van der Waals surface area contributed by atoms with Crippen LogP contribution in [0.15, 0.2) is 29.2 Å². The fraction of sp³-hybridized carbons (Fsp3) is 0.412. The summed E-state index contributed by atoms with van der Waals surface area (Å²) in [6.07, 6.45) is 3.33. The average Bonchev–Trinajstić information content (AvgIpc) is 2.83. The van der Waals surface area contributed by atoms with Gasteiger partial charge < -0.3 is 14.6 Å². The predicted molar refractivity (Wildman–Crippen MR) is 85.4 cm³/mol. The molecule has 22 heavy (non-hydrogen) atoms. The van der Waals surface area contributed by atoms with E-state index in [1.54, 1.807) is 19.4 Å². The van der Waals surface area contributed by atoms with Crippen molar-refractivity contribution in [1.82, 2.24) is 9.88 Å². The van der Waals surface area contributed by atoms with E-state index in [0.29, 0.717) is 18.5 Å². The van der Waals surface area contributed by atoms with Crippen molar-refractivity contribution in [3.05, 3.63) is 45.7 Å². The summed E-state index contributed by atoms with van der Waals surface area (Å²) in [6, 6.07) is 6.01. The Morgan fingerprint density at radius 1 is 1.45 bits per heavy atom. The van der Waals surface area contributed by atoms with E-state index in [1.807, 2.05) is 12.1 Å². The maximum Gasteiger partial charge on any atom is 0.256 e. The van der Waals surface area contributed by atoms with Crippen molar-refractivity contribution in [1.29, 1.82) is 0 Å². The minimum absolute atomic E-state index is 0.188. The molecule has 1 N–H and O–H groups in total. The quantitative estimate of drug-likeness (QED) is 0.858. The number of pyridine rings is 1. The first-order chi connectivity index (χ1) is 10.6. The molecule has 1 aliphatic heterocycles. The van der Waals surface area contributed by atoms with Gasteiger partial charge in [-0.15, -0.1) is 0 Å². The van der Waals surface area contributed by atoms with Crippen LogP contribution in [0.3, 0.4) is 0 Å². The van der Waals surface area contributed by atoms with Gasteiger partial charge in [0, 0.05) is 37.9 Å². The molecule has 0 bridgehead atoms. The fourth-order valence-corrected chi connectivity index (χ4v) is 3.09. The molecule has 1 aliphatic rings. The van der Waals surface area contributed by atoms with E-state index in [9.17, 15) is 9.59 Å². The first-order valence-corrected chi connectivity index (χ1v) is 7.57. The van der Waals surface area contributed by atoms with E-state index in [4.69, 9.17) is 4.74 Å². The highest BCUT2D eigenvalue weighted by molar-refractivity contribution is 5.98. The van der Waals surface area contributed by atoms with Crippen LogP contribution in [0, 0.1) is 0 Å². The topological polar surface area (TPSA) is 60.3 Å². The molecule has 2 aromatic rings. The molecule has 0 saturated carbocycles. The zero-order valence-corrected chi connectivity index (χ0v) is 12.9. The monoisotopic (exact) mass is 300 g/mol. The number of amides is 1. The third-order valence-electron chi connectivity index (χ3n) is 4.18. The van der Waals surface area contributed by atoms with Crippen molar-refractivity contribution in [3.63, 3.8) is 0 Å². The predicted octanol–water partition coefficient (Wildman–Crippen LogP) is 1.88. The molecule has 1 aromatic carbocycles.